The van der Waals surface area contributed by atoms with Gasteiger partial charge in [0.05, 0.1) is 0 Å². The van der Waals surface area contributed by atoms with Crippen LogP contribution in [0.15, 0.2) is 29.2 Å². The molecule has 1 aromatic carbocycles. The van der Waals surface area contributed by atoms with E-state index in [0.29, 0.717) is 0 Å². The summed E-state index contributed by atoms with van der Waals surface area (Å²) in [7, 11) is 2.01. The van der Waals surface area contributed by atoms with Gasteiger partial charge in [-0.3, -0.25) is 0 Å². The molecule has 0 aliphatic heterocycles. The highest BCUT2D eigenvalue weighted by Crippen LogP contribution is 2.25. The van der Waals surface area contributed by atoms with E-state index in [9.17, 15) is 0 Å². The summed E-state index contributed by atoms with van der Waals surface area (Å²) < 4.78 is 0. The van der Waals surface area contributed by atoms with Crippen LogP contribution in [-0.4, -0.2) is 19.3 Å². The molecule has 0 atom stereocenters. The lowest BCUT2D eigenvalue weighted by molar-refractivity contribution is 0.590. The molecule has 0 fully saturated rings. The highest BCUT2D eigenvalue weighted by atomic mass is 32.2. The molecule has 1 N–H and O–H groups in total. The van der Waals surface area contributed by atoms with E-state index in [2.05, 4.69) is 50.4 Å². The van der Waals surface area contributed by atoms with Crippen LogP contribution >= 0.6 is 11.8 Å². The topological polar surface area (TPSA) is 12.0 Å². The van der Waals surface area contributed by atoms with Crippen LogP contribution in [0.2, 0.25) is 0 Å². The quantitative estimate of drug-likeness (QED) is 0.604. The summed E-state index contributed by atoms with van der Waals surface area (Å²) in [5.74, 6) is 1.22. The largest absolute Gasteiger partial charge is 0.320 e. The van der Waals surface area contributed by atoms with Crippen LogP contribution in [0.4, 0.5) is 0 Å². The van der Waals surface area contributed by atoms with Crippen LogP contribution in [0, 0.1) is 0 Å². The molecule has 0 saturated carbocycles. The van der Waals surface area contributed by atoms with Crippen molar-refractivity contribution in [3.8, 4) is 0 Å². The van der Waals surface area contributed by atoms with E-state index in [1.807, 2.05) is 18.8 Å². The van der Waals surface area contributed by atoms with E-state index in [1.165, 1.54) is 29.1 Å². The highest BCUT2D eigenvalue weighted by molar-refractivity contribution is 7.99. The van der Waals surface area contributed by atoms with Crippen molar-refractivity contribution in [1.82, 2.24) is 5.32 Å². The number of hydrogen-bond acceptors (Lipinski definition) is 2. The third-order valence-electron chi connectivity index (χ3n) is 2.81. The van der Waals surface area contributed by atoms with Gasteiger partial charge in [0.1, 0.15) is 0 Å². The summed E-state index contributed by atoms with van der Waals surface area (Å²) in [5.41, 5.74) is 1.67. The van der Waals surface area contributed by atoms with Gasteiger partial charge in [-0.2, -0.15) is 0 Å². The lowest BCUT2D eigenvalue weighted by atomic mass is 9.87. The second-order valence-corrected chi connectivity index (χ2v) is 6.60. The van der Waals surface area contributed by atoms with E-state index < -0.39 is 0 Å². The number of rotatable bonds is 6. The Labute approximate surface area is 110 Å². The number of benzene rings is 1. The molecular weight excluding hydrogens is 226 g/mol. The molecule has 0 heterocycles. The molecule has 0 bridgehead atoms. The Balaban J connectivity index is 2.36. The van der Waals surface area contributed by atoms with Gasteiger partial charge in [0.2, 0.25) is 0 Å². The van der Waals surface area contributed by atoms with Gasteiger partial charge in [0, 0.05) is 4.90 Å². The van der Waals surface area contributed by atoms with Gasteiger partial charge in [-0.05, 0) is 55.3 Å². The standard InChI is InChI=1S/C15H25NS/c1-15(2,3)13-7-9-14(10-8-13)17-12-6-5-11-16-4/h7-10,16H,5-6,11-12H2,1-4H3. The van der Waals surface area contributed by atoms with Gasteiger partial charge in [0.15, 0.2) is 0 Å². The number of unbranched alkanes of at least 4 members (excludes halogenated alkanes) is 1. The Hall–Kier alpha value is -0.470. The van der Waals surface area contributed by atoms with Gasteiger partial charge >= 0.3 is 0 Å². The number of hydrogen-bond donors (Lipinski definition) is 1. The third-order valence-corrected chi connectivity index (χ3v) is 3.91. The average Bonchev–Trinajstić information content (AvgIpc) is 2.28. The molecule has 0 spiro atoms. The summed E-state index contributed by atoms with van der Waals surface area (Å²) in [5, 5.41) is 3.18. The van der Waals surface area contributed by atoms with E-state index >= 15 is 0 Å². The monoisotopic (exact) mass is 251 g/mol. The molecule has 0 aliphatic carbocycles. The lowest BCUT2D eigenvalue weighted by Crippen LogP contribution is -2.10. The summed E-state index contributed by atoms with van der Waals surface area (Å²) in [6.07, 6.45) is 2.55. The molecule has 0 aliphatic rings. The Kier molecular flexibility index (Phi) is 6.07. The minimum Gasteiger partial charge on any atom is -0.320 e. The summed E-state index contributed by atoms with van der Waals surface area (Å²) in [4.78, 5) is 1.39. The molecule has 96 valence electrons. The van der Waals surface area contributed by atoms with Crippen LogP contribution in [0.5, 0.6) is 0 Å². The molecule has 0 unspecified atom stereocenters. The van der Waals surface area contributed by atoms with Crippen LogP contribution in [0.1, 0.15) is 39.2 Å². The second kappa shape index (κ2) is 7.07. The maximum absolute atomic E-state index is 3.18. The molecule has 2 heteroatoms. The van der Waals surface area contributed by atoms with Gasteiger partial charge in [-0.1, -0.05) is 32.9 Å². The maximum Gasteiger partial charge on any atom is 0.00721 e. The normalized spacial score (nSPS) is 11.8. The van der Waals surface area contributed by atoms with Crippen molar-refractivity contribution >= 4 is 11.8 Å². The van der Waals surface area contributed by atoms with Crippen molar-refractivity contribution in [2.75, 3.05) is 19.3 Å². The fourth-order valence-corrected chi connectivity index (χ4v) is 2.56. The van der Waals surface area contributed by atoms with Gasteiger partial charge in [-0.25, -0.2) is 0 Å². The Bertz CT molecular complexity index is 311. The maximum atomic E-state index is 3.18. The molecule has 0 amide bonds. The van der Waals surface area contributed by atoms with Crippen molar-refractivity contribution in [3.05, 3.63) is 29.8 Å². The first-order valence-electron chi connectivity index (χ1n) is 6.42. The van der Waals surface area contributed by atoms with Crippen molar-refractivity contribution in [1.29, 1.82) is 0 Å². The Morgan fingerprint density at radius 2 is 1.71 bits per heavy atom. The molecule has 17 heavy (non-hydrogen) atoms. The van der Waals surface area contributed by atoms with Crippen molar-refractivity contribution < 1.29 is 0 Å². The smallest absolute Gasteiger partial charge is 0.00721 e. The van der Waals surface area contributed by atoms with Gasteiger partial charge in [0.25, 0.3) is 0 Å². The van der Waals surface area contributed by atoms with Crippen molar-refractivity contribution in [3.63, 3.8) is 0 Å². The van der Waals surface area contributed by atoms with E-state index in [4.69, 9.17) is 0 Å². The minimum atomic E-state index is 0.260. The van der Waals surface area contributed by atoms with Crippen molar-refractivity contribution in [2.45, 2.75) is 43.9 Å². The zero-order valence-corrected chi connectivity index (χ0v) is 12.4. The molecule has 1 rings (SSSR count). The first-order valence-corrected chi connectivity index (χ1v) is 7.40. The molecular formula is C15H25NS. The van der Waals surface area contributed by atoms with E-state index in [-0.39, 0.29) is 5.41 Å². The minimum absolute atomic E-state index is 0.260. The predicted octanol–water partition coefficient (Wildman–Crippen LogP) is 4.08. The zero-order chi connectivity index (χ0) is 12.7. The predicted molar refractivity (Wildman–Crippen MR) is 79.0 cm³/mol. The fourth-order valence-electron chi connectivity index (χ4n) is 1.65. The first-order chi connectivity index (χ1) is 8.04. The van der Waals surface area contributed by atoms with Crippen LogP contribution < -0.4 is 5.32 Å². The lowest BCUT2D eigenvalue weighted by Gasteiger charge is -2.19. The number of nitrogens with one attached hydrogen (secondary N) is 1. The SMILES string of the molecule is CNCCCCSc1ccc(C(C)(C)C)cc1. The van der Waals surface area contributed by atoms with E-state index in [0.717, 1.165) is 6.54 Å². The Morgan fingerprint density at radius 1 is 1.06 bits per heavy atom. The van der Waals surface area contributed by atoms with Crippen LogP contribution in [-0.2, 0) is 5.41 Å². The molecule has 0 aromatic heterocycles. The van der Waals surface area contributed by atoms with Gasteiger partial charge in [-0.15, -0.1) is 11.8 Å². The Morgan fingerprint density at radius 3 is 2.24 bits per heavy atom. The summed E-state index contributed by atoms with van der Waals surface area (Å²) in [6.45, 7) is 7.90. The van der Waals surface area contributed by atoms with Crippen LogP contribution in [0.25, 0.3) is 0 Å². The van der Waals surface area contributed by atoms with Crippen LogP contribution in [0.3, 0.4) is 0 Å². The number of thioether (sulfide) groups is 1. The fraction of sp³-hybridized carbons (Fsp3) is 0.600. The molecule has 0 radical (unpaired) electrons. The molecule has 1 nitrogen and oxygen atoms in total. The van der Waals surface area contributed by atoms with E-state index in [1.54, 1.807) is 0 Å². The van der Waals surface area contributed by atoms with Gasteiger partial charge < -0.3 is 5.32 Å². The zero-order valence-electron chi connectivity index (χ0n) is 11.5. The third kappa shape index (κ3) is 5.60. The molecule has 1 aromatic rings. The second-order valence-electron chi connectivity index (χ2n) is 5.43. The molecule has 0 saturated heterocycles. The van der Waals surface area contributed by atoms with Crippen molar-refractivity contribution in [2.24, 2.45) is 0 Å². The highest BCUT2D eigenvalue weighted by Gasteiger charge is 2.12. The average molecular weight is 251 g/mol. The first kappa shape index (κ1) is 14.6. The summed E-state index contributed by atoms with van der Waals surface area (Å²) >= 11 is 1.96. The summed E-state index contributed by atoms with van der Waals surface area (Å²) in [6, 6.07) is 9.03.